The third kappa shape index (κ3) is 2.88. The number of aryl methyl sites for hydroxylation is 1. The van der Waals surface area contributed by atoms with Gasteiger partial charge in [-0.1, -0.05) is 18.2 Å². The van der Waals surface area contributed by atoms with Crippen LogP contribution in [0.4, 0.5) is 0 Å². The van der Waals surface area contributed by atoms with Gasteiger partial charge >= 0.3 is 0 Å². The first kappa shape index (κ1) is 17.6. The highest BCUT2D eigenvalue weighted by atomic mass is 32.1. The topological polar surface area (TPSA) is 69.4 Å². The number of benzene rings is 1. The van der Waals surface area contributed by atoms with Gasteiger partial charge in [-0.15, -0.1) is 11.3 Å². The molecule has 6 rings (SSSR count). The Kier molecular flexibility index (Phi) is 4.07. The lowest BCUT2D eigenvalue weighted by atomic mass is 10.0. The Morgan fingerprint density at radius 1 is 1.07 bits per heavy atom. The largest absolute Gasteiger partial charge is 0.353 e. The first-order valence-corrected chi connectivity index (χ1v) is 11.0. The second-order valence-electron chi connectivity index (χ2n) is 7.74. The minimum Gasteiger partial charge on any atom is -0.353 e. The van der Waals surface area contributed by atoms with Crippen molar-refractivity contribution in [1.82, 2.24) is 25.5 Å². The van der Waals surface area contributed by atoms with E-state index in [2.05, 4.69) is 80.9 Å². The molecule has 3 N–H and O–H groups in total. The minimum absolute atomic E-state index is 0.816. The monoisotopic (exact) mass is 411 g/mol. The quantitative estimate of drug-likeness (QED) is 0.366. The molecule has 0 saturated heterocycles. The molecule has 0 fully saturated rings. The molecular formula is C24H21N5S. The molecule has 148 valence electrons. The maximum Gasteiger partial charge on any atom is 0.155 e. The fraction of sp³-hybridized carbons (Fsp3) is 0.167. The Bertz CT molecular complexity index is 1420. The molecule has 0 spiro atoms. The van der Waals surface area contributed by atoms with Crippen LogP contribution in [0.3, 0.4) is 0 Å². The maximum absolute atomic E-state index is 4.63. The SMILES string of the molecule is Cc1ccc(-c2cccc3[nH]c(-c4n[nH]c5ncc(C6=CCNCC6)cc45)cc23)s1. The number of hydrogen-bond acceptors (Lipinski definition) is 4. The lowest BCUT2D eigenvalue weighted by Gasteiger charge is -2.13. The predicted molar refractivity (Wildman–Crippen MR) is 125 cm³/mol. The van der Waals surface area contributed by atoms with E-state index in [4.69, 9.17) is 0 Å². The first-order chi connectivity index (χ1) is 14.8. The molecule has 0 unspecified atom stereocenters. The van der Waals surface area contributed by atoms with Crippen molar-refractivity contribution < 1.29 is 0 Å². The zero-order valence-corrected chi connectivity index (χ0v) is 17.4. The first-order valence-electron chi connectivity index (χ1n) is 10.2. The van der Waals surface area contributed by atoms with Gasteiger partial charge in [0.15, 0.2) is 5.65 Å². The molecule has 0 amide bonds. The number of pyridine rings is 1. The van der Waals surface area contributed by atoms with Gasteiger partial charge in [0.2, 0.25) is 0 Å². The van der Waals surface area contributed by atoms with Gasteiger partial charge in [-0.25, -0.2) is 4.98 Å². The molecule has 5 nitrogen and oxygen atoms in total. The highest BCUT2D eigenvalue weighted by molar-refractivity contribution is 7.15. The van der Waals surface area contributed by atoms with Gasteiger partial charge in [-0.2, -0.15) is 5.10 Å². The molecular weight excluding hydrogens is 390 g/mol. The summed E-state index contributed by atoms with van der Waals surface area (Å²) in [4.78, 5) is 10.8. The van der Waals surface area contributed by atoms with Gasteiger partial charge < -0.3 is 10.3 Å². The number of fused-ring (bicyclic) bond motifs is 2. The smallest absolute Gasteiger partial charge is 0.155 e. The summed E-state index contributed by atoms with van der Waals surface area (Å²) in [5, 5.41) is 13.3. The summed E-state index contributed by atoms with van der Waals surface area (Å²) >= 11 is 1.83. The van der Waals surface area contributed by atoms with Crippen molar-refractivity contribution in [1.29, 1.82) is 0 Å². The number of hydrogen-bond donors (Lipinski definition) is 3. The van der Waals surface area contributed by atoms with Crippen LogP contribution in [-0.4, -0.2) is 33.3 Å². The predicted octanol–water partition coefficient (Wildman–Crippen LogP) is 5.52. The second kappa shape index (κ2) is 6.93. The Hall–Kier alpha value is -3.22. The summed E-state index contributed by atoms with van der Waals surface area (Å²) in [6.07, 6.45) is 5.23. The van der Waals surface area contributed by atoms with Crippen LogP contribution in [0, 0.1) is 6.92 Å². The van der Waals surface area contributed by atoms with Crippen LogP contribution < -0.4 is 5.32 Å². The molecule has 1 aromatic carbocycles. The fourth-order valence-corrected chi connectivity index (χ4v) is 5.15. The summed E-state index contributed by atoms with van der Waals surface area (Å²) in [6.45, 7) is 4.07. The molecule has 30 heavy (non-hydrogen) atoms. The van der Waals surface area contributed by atoms with Gasteiger partial charge in [0, 0.05) is 44.3 Å². The van der Waals surface area contributed by atoms with Gasteiger partial charge in [-0.3, -0.25) is 5.10 Å². The molecule has 5 aromatic rings. The van der Waals surface area contributed by atoms with Crippen molar-refractivity contribution in [2.75, 3.05) is 13.1 Å². The molecule has 1 aliphatic heterocycles. The number of aromatic amines is 2. The van der Waals surface area contributed by atoms with E-state index in [0.29, 0.717) is 0 Å². The Balaban J connectivity index is 1.49. The van der Waals surface area contributed by atoms with E-state index in [9.17, 15) is 0 Å². The highest BCUT2D eigenvalue weighted by Gasteiger charge is 2.16. The Morgan fingerprint density at radius 3 is 2.87 bits per heavy atom. The minimum atomic E-state index is 0.816. The van der Waals surface area contributed by atoms with E-state index in [1.165, 1.54) is 31.8 Å². The van der Waals surface area contributed by atoms with Gasteiger partial charge in [0.05, 0.1) is 5.69 Å². The number of thiophene rings is 1. The van der Waals surface area contributed by atoms with Crippen molar-refractivity contribution in [2.45, 2.75) is 13.3 Å². The van der Waals surface area contributed by atoms with E-state index in [1.54, 1.807) is 0 Å². The number of nitrogens with zero attached hydrogens (tertiary/aromatic N) is 2. The summed E-state index contributed by atoms with van der Waals surface area (Å²) in [5.74, 6) is 0. The zero-order valence-electron chi connectivity index (χ0n) is 16.6. The number of H-pyrrole nitrogens is 2. The number of rotatable bonds is 3. The van der Waals surface area contributed by atoms with Crippen molar-refractivity contribution in [3.05, 3.63) is 65.2 Å². The van der Waals surface area contributed by atoms with Crippen LogP contribution in [0.25, 0.3) is 49.3 Å². The van der Waals surface area contributed by atoms with Crippen LogP contribution in [0.2, 0.25) is 0 Å². The standard InChI is InChI=1S/C24H21N5S/c1-14-5-6-22(30-14)17-3-2-4-20-18(17)12-21(27-20)23-19-11-16(13-26-24(19)29-28-23)15-7-9-25-10-8-15/h2-7,11-13,25,27H,8-10H2,1H3,(H,26,28,29). The highest BCUT2D eigenvalue weighted by Crippen LogP contribution is 2.36. The second-order valence-corrected chi connectivity index (χ2v) is 9.02. The third-order valence-electron chi connectivity index (χ3n) is 5.78. The van der Waals surface area contributed by atoms with Crippen molar-refractivity contribution in [3.63, 3.8) is 0 Å². The average Bonchev–Trinajstić information content (AvgIpc) is 3.51. The fourth-order valence-electron chi connectivity index (χ4n) is 4.25. The van der Waals surface area contributed by atoms with Crippen LogP contribution in [0.15, 0.2) is 54.7 Å². The maximum atomic E-state index is 4.63. The number of aromatic nitrogens is 4. The molecule has 5 heterocycles. The van der Waals surface area contributed by atoms with Crippen molar-refractivity contribution in [3.8, 4) is 21.8 Å². The number of nitrogens with one attached hydrogen (secondary N) is 3. The molecule has 0 aliphatic carbocycles. The molecule has 0 saturated carbocycles. The van der Waals surface area contributed by atoms with Crippen LogP contribution in [0.1, 0.15) is 16.9 Å². The van der Waals surface area contributed by atoms with Crippen LogP contribution in [-0.2, 0) is 0 Å². The molecule has 0 atom stereocenters. The summed E-state index contributed by atoms with van der Waals surface area (Å²) in [5.41, 5.74) is 7.64. The third-order valence-corrected chi connectivity index (χ3v) is 6.81. The van der Waals surface area contributed by atoms with E-state index >= 15 is 0 Å². The van der Waals surface area contributed by atoms with E-state index < -0.39 is 0 Å². The Morgan fingerprint density at radius 2 is 2.03 bits per heavy atom. The van der Waals surface area contributed by atoms with E-state index in [1.807, 2.05) is 17.5 Å². The summed E-state index contributed by atoms with van der Waals surface area (Å²) in [7, 11) is 0. The summed E-state index contributed by atoms with van der Waals surface area (Å²) < 4.78 is 0. The Labute approximate surface area is 177 Å². The van der Waals surface area contributed by atoms with E-state index in [0.717, 1.165) is 47.4 Å². The van der Waals surface area contributed by atoms with Crippen molar-refractivity contribution >= 4 is 38.8 Å². The summed E-state index contributed by atoms with van der Waals surface area (Å²) in [6, 6.07) is 15.2. The molecule has 4 aromatic heterocycles. The molecule has 6 heteroatoms. The van der Waals surface area contributed by atoms with Crippen LogP contribution in [0.5, 0.6) is 0 Å². The average molecular weight is 412 g/mol. The normalized spacial score (nSPS) is 14.5. The van der Waals surface area contributed by atoms with Gasteiger partial charge in [-0.05, 0) is 61.4 Å². The van der Waals surface area contributed by atoms with Crippen LogP contribution >= 0.6 is 11.3 Å². The van der Waals surface area contributed by atoms with Gasteiger partial charge in [0.25, 0.3) is 0 Å². The molecule has 1 aliphatic rings. The lowest BCUT2D eigenvalue weighted by molar-refractivity contribution is 0.738. The molecule has 0 bridgehead atoms. The zero-order chi connectivity index (χ0) is 20.1. The van der Waals surface area contributed by atoms with Gasteiger partial charge in [0.1, 0.15) is 5.69 Å². The van der Waals surface area contributed by atoms with Crippen molar-refractivity contribution in [2.24, 2.45) is 0 Å². The lowest BCUT2D eigenvalue weighted by Crippen LogP contribution is -2.20. The molecule has 0 radical (unpaired) electrons. The van der Waals surface area contributed by atoms with E-state index in [-0.39, 0.29) is 0 Å².